The third kappa shape index (κ3) is 1.74. The van der Waals surface area contributed by atoms with Crippen LogP contribution in [-0.4, -0.2) is 12.6 Å². The van der Waals surface area contributed by atoms with Gasteiger partial charge in [-0.25, -0.2) is 0 Å². The van der Waals surface area contributed by atoms with Crippen LogP contribution in [0.15, 0.2) is 81.7 Å². The molecule has 3 aromatic carbocycles. The molecule has 0 fully saturated rings. The molecule has 2 atom stereocenters. The highest BCUT2D eigenvalue weighted by molar-refractivity contribution is 6.19. The summed E-state index contributed by atoms with van der Waals surface area (Å²) in [5.41, 5.74) is 6.04. The molecule has 3 nitrogen and oxygen atoms in total. The van der Waals surface area contributed by atoms with Gasteiger partial charge < -0.3 is 13.7 Å². The molecule has 3 heterocycles. The molecule has 3 heteroatoms. The van der Waals surface area contributed by atoms with Crippen LogP contribution in [0.2, 0.25) is 0 Å². The van der Waals surface area contributed by atoms with Crippen molar-refractivity contribution in [3.05, 3.63) is 78.4 Å². The molecule has 2 unspecified atom stereocenters. The fraction of sp³-hybridized carbons (Fsp3) is 0.154. The van der Waals surface area contributed by atoms with Crippen molar-refractivity contribution in [2.75, 3.05) is 11.9 Å². The summed E-state index contributed by atoms with van der Waals surface area (Å²) in [4.78, 5) is 2.37. The molecule has 0 amide bonds. The summed E-state index contributed by atoms with van der Waals surface area (Å²) in [6.45, 7) is 2.30. The van der Waals surface area contributed by atoms with Crippen LogP contribution in [0.4, 0.5) is 5.69 Å². The summed E-state index contributed by atoms with van der Waals surface area (Å²) < 4.78 is 12.6. The van der Waals surface area contributed by atoms with Gasteiger partial charge >= 0.3 is 0 Å². The molecular weight excluding hydrogens is 358 g/mol. The number of nitrogens with zero attached hydrogens (tertiary/aromatic N) is 1. The van der Waals surface area contributed by atoms with Gasteiger partial charge in [0.05, 0.1) is 5.54 Å². The van der Waals surface area contributed by atoms with Gasteiger partial charge in [0.25, 0.3) is 0 Å². The lowest BCUT2D eigenvalue weighted by Crippen LogP contribution is -2.42. The highest BCUT2D eigenvalue weighted by atomic mass is 16.4. The van der Waals surface area contributed by atoms with Gasteiger partial charge in [0, 0.05) is 46.3 Å². The first-order chi connectivity index (χ1) is 14.1. The summed E-state index contributed by atoms with van der Waals surface area (Å²) in [7, 11) is 2.17. The Balaban J connectivity index is 1.57. The molecule has 0 N–H and O–H groups in total. The van der Waals surface area contributed by atoms with E-state index < -0.39 is 0 Å². The molecule has 1 aliphatic heterocycles. The Labute approximate surface area is 167 Å². The number of hydrogen-bond acceptors (Lipinski definition) is 3. The number of rotatable bonds is 0. The zero-order valence-electron chi connectivity index (χ0n) is 16.3. The van der Waals surface area contributed by atoms with E-state index in [1.807, 2.05) is 18.2 Å². The number of benzene rings is 3. The van der Waals surface area contributed by atoms with E-state index in [0.29, 0.717) is 5.92 Å². The van der Waals surface area contributed by atoms with E-state index >= 15 is 0 Å². The Morgan fingerprint density at radius 1 is 0.828 bits per heavy atom. The smallest absolute Gasteiger partial charge is 0.178 e. The van der Waals surface area contributed by atoms with Gasteiger partial charge in [0.2, 0.25) is 0 Å². The second-order valence-electron chi connectivity index (χ2n) is 8.43. The van der Waals surface area contributed by atoms with Crippen LogP contribution < -0.4 is 4.90 Å². The Morgan fingerprint density at radius 2 is 1.59 bits per heavy atom. The SMILES string of the molecule is CN1c2cc3oc4c(ccc5c6ccccc6oc54)c3cc2C2C=CC=CC21C. The number of likely N-dealkylation sites (N-methyl/N-ethyl adjacent to an activating group) is 1. The predicted octanol–water partition coefficient (Wildman–Crippen LogP) is 6.90. The van der Waals surface area contributed by atoms with E-state index in [-0.39, 0.29) is 5.54 Å². The van der Waals surface area contributed by atoms with E-state index in [1.165, 1.54) is 11.3 Å². The molecule has 1 aliphatic carbocycles. The molecule has 29 heavy (non-hydrogen) atoms. The maximum Gasteiger partial charge on any atom is 0.178 e. The van der Waals surface area contributed by atoms with Gasteiger partial charge in [0.1, 0.15) is 11.2 Å². The van der Waals surface area contributed by atoms with Crippen LogP contribution in [0.5, 0.6) is 0 Å². The Bertz CT molecular complexity index is 1550. The zero-order valence-corrected chi connectivity index (χ0v) is 16.3. The minimum absolute atomic E-state index is 0.0301. The number of para-hydroxylation sites is 1. The highest BCUT2D eigenvalue weighted by Crippen LogP contribution is 2.52. The van der Waals surface area contributed by atoms with E-state index in [9.17, 15) is 0 Å². The standard InChI is InChI=1S/C26H19NO2/c1-26-12-6-5-8-20(26)19-13-18-17-11-10-16-15-7-3-4-9-22(15)28-24(16)25(17)29-23(18)14-21(19)27(26)2/h3-14,20H,1-2H3. The van der Waals surface area contributed by atoms with Crippen molar-refractivity contribution in [3.8, 4) is 0 Å². The molecule has 0 bridgehead atoms. The number of allylic oxidation sites excluding steroid dienone is 2. The van der Waals surface area contributed by atoms with Crippen molar-refractivity contribution in [3.63, 3.8) is 0 Å². The van der Waals surface area contributed by atoms with Gasteiger partial charge in [-0.3, -0.25) is 0 Å². The predicted molar refractivity (Wildman–Crippen MR) is 119 cm³/mol. The van der Waals surface area contributed by atoms with E-state index in [2.05, 4.69) is 73.5 Å². The van der Waals surface area contributed by atoms with Crippen LogP contribution in [-0.2, 0) is 0 Å². The zero-order chi connectivity index (χ0) is 19.3. The molecule has 0 saturated carbocycles. The first kappa shape index (κ1) is 15.5. The molecule has 0 saturated heterocycles. The molecule has 2 aromatic heterocycles. The first-order valence-corrected chi connectivity index (χ1v) is 10.1. The summed E-state index contributed by atoms with van der Waals surface area (Å²) in [5, 5.41) is 4.49. The summed E-state index contributed by atoms with van der Waals surface area (Å²) in [6, 6.07) is 17.0. The molecule has 140 valence electrons. The topological polar surface area (TPSA) is 29.5 Å². The molecule has 0 spiro atoms. The summed E-state index contributed by atoms with van der Waals surface area (Å²) in [5.74, 6) is 0.344. The second-order valence-corrected chi connectivity index (χ2v) is 8.43. The van der Waals surface area contributed by atoms with Gasteiger partial charge in [-0.1, -0.05) is 42.5 Å². The molecule has 5 aromatic rings. The summed E-state index contributed by atoms with van der Waals surface area (Å²) in [6.07, 6.45) is 8.92. The average molecular weight is 377 g/mol. The average Bonchev–Trinajstić information content (AvgIpc) is 3.36. The van der Waals surface area contributed by atoms with Crippen molar-refractivity contribution in [2.24, 2.45) is 0 Å². The highest BCUT2D eigenvalue weighted by Gasteiger charge is 2.44. The van der Waals surface area contributed by atoms with Crippen LogP contribution in [0.1, 0.15) is 18.4 Å². The lowest BCUT2D eigenvalue weighted by molar-refractivity contribution is 0.526. The quantitative estimate of drug-likeness (QED) is 0.294. The third-order valence-electron chi connectivity index (χ3n) is 7.03. The minimum Gasteiger partial charge on any atom is -0.452 e. The van der Waals surface area contributed by atoms with E-state index in [4.69, 9.17) is 8.83 Å². The first-order valence-electron chi connectivity index (χ1n) is 10.1. The maximum absolute atomic E-state index is 6.40. The van der Waals surface area contributed by atoms with Gasteiger partial charge in [-0.2, -0.15) is 0 Å². The van der Waals surface area contributed by atoms with Gasteiger partial charge in [-0.05, 0) is 36.8 Å². The Morgan fingerprint density at radius 3 is 2.45 bits per heavy atom. The number of hydrogen-bond donors (Lipinski definition) is 0. The van der Waals surface area contributed by atoms with Crippen molar-refractivity contribution in [1.29, 1.82) is 0 Å². The molecule has 0 radical (unpaired) electrons. The minimum atomic E-state index is -0.0301. The number of fused-ring (bicyclic) bond motifs is 10. The van der Waals surface area contributed by atoms with Crippen LogP contribution in [0.3, 0.4) is 0 Å². The largest absolute Gasteiger partial charge is 0.452 e. The Hall–Kier alpha value is -3.46. The van der Waals surface area contributed by atoms with Crippen LogP contribution >= 0.6 is 0 Å². The van der Waals surface area contributed by atoms with Crippen molar-refractivity contribution < 1.29 is 8.83 Å². The molecule has 2 aliphatic rings. The van der Waals surface area contributed by atoms with Crippen LogP contribution in [0, 0.1) is 0 Å². The fourth-order valence-electron chi connectivity index (χ4n) is 5.33. The number of anilines is 1. The van der Waals surface area contributed by atoms with Gasteiger partial charge in [0.15, 0.2) is 11.2 Å². The Kier molecular flexibility index (Phi) is 2.63. The van der Waals surface area contributed by atoms with Gasteiger partial charge in [-0.15, -0.1) is 0 Å². The monoisotopic (exact) mass is 377 g/mol. The second kappa shape index (κ2) is 4.93. The maximum atomic E-state index is 6.40. The van der Waals surface area contributed by atoms with Crippen molar-refractivity contribution in [1.82, 2.24) is 0 Å². The molecular formula is C26H19NO2. The molecule has 7 rings (SSSR count). The van der Waals surface area contributed by atoms with Crippen molar-refractivity contribution in [2.45, 2.75) is 18.4 Å². The van der Waals surface area contributed by atoms with E-state index in [0.717, 1.165) is 43.9 Å². The lowest BCUT2D eigenvalue weighted by Gasteiger charge is -2.36. The lowest BCUT2D eigenvalue weighted by atomic mass is 9.80. The third-order valence-corrected chi connectivity index (χ3v) is 7.03. The van der Waals surface area contributed by atoms with Crippen LogP contribution in [0.25, 0.3) is 43.9 Å². The van der Waals surface area contributed by atoms with Crippen molar-refractivity contribution >= 4 is 49.6 Å². The number of furan rings is 2. The summed E-state index contributed by atoms with van der Waals surface area (Å²) >= 11 is 0. The normalized spacial score (nSPS) is 23.0. The van der Waals surface area contributed by atoms with E-state index in [1.54, 1.807) is 0 Å². The fourth-order valence-corrected chi connectivity index (χ4v) is 5.33.